The zero-order chi connectivity index (χ0) is 16.1. The molecule has 2 atom stereocenters. The van der Waals surface area contributed by atoms with Gasteiger partial charge in [0.2, 0.25) is 5.91 Å². The highest BCUT2D eigenvalue weighted by Gasteiger charge is 2.32. The van der Waals surface area contributed by atoms with E-state index in [0.717, 1.165) is 11.1 Å². The molecule has 120 valence electrons. The summed E-state index contributed by atoms with van der Waals surface area (Å²) in [5.41, 5.74) is 2.01. The molecule has 1 aromatic rings. The van der Waals surface area contributed by atoms with Crippen LogP contribution in [0.5, 0.6) is 0 Å². The van der Waals surface area contributed by atoms with E-state index in [0.29, 0.717) is 32.5 Å². The molecule has 1 saturated heterocycles. The van der Waals surface area contributed by atoms with Crippen LogP contribution in [0.25, 0.3) is 0 Å². The maximum absolute atomic E-state index is 12.4. The van der Waals surface area contributed by atoms with Gasteiger partial charge in [-0.25, -0.2) is 0 Å². The summed E-state index contributed by atoms with van der Waals surface area (Å²) in [7, 11) is 1.64. The van der Waals surface area contributed by atoms with Gasteiger partial charge in [0.1, 0.15) is 0 Å². The van der Waals surface area contributed by atoms with Gasteiger partial charge in [0.05, 0.1) is 18.9 Å². The second-order valence-corrected chi connectivity index (χ2v) is 5.98. The Balaban J connectivity index is 1.95. The zero-order valence-electron chi connectivity index (χ0n) is 13.1. The molecular formula is C17H23NO4. The number of carbonyl (C=O) groups is 2. The van der Waals surface area contributed by atoms with Gasteiger partial charge in [-0.15, -0.1) is 0 Å². The number of carboxylic acid groups (broad SMARTS) is 1. The highest BCUT2D eigenvalue weighted by atomic mass is 16.5. The average molecular weight is 305 g/mol. The van der Waals surface area contributed by atoms with E-state index in [9.17, 15) is 9.59 Å². The van der Waals surface area contributed by atoms with E-state index in [-0.39, 0.29) is 17.7 Å². The molecule has 0 spiro atoms. The predicted octanol–water partition coefficient (Wildman–Crippen LogP) is 1.94. The SMILES string of the molecule is COCc1cccc(CC(=O)N2CCC(C(=O)O)C(C)C2)c1. The molecule has 0 bridgehead atoms. The third-order valence-corrected chi connectivity index (χ3v) is 4.23. The second kappa shape index (κ2) is 7.40. The average Bonchev–Trinajstić information content (AvgIpc) is 2.47. The molecule has 1 fully saturated rings. The van der Waals surface area contributed by atoms with Gasteiger partial charge in [0, 0.05) is 20.2 Å². The fourth-order valence-corrected chi connectivity index (χ4v) is 3.02. The van der Waals surface area contributed by atoms with E-state index < -0.39 is 5.97 Å². The van der Waals surface area contributed by atoms with Crippen LogP contribution in [-0.4, -0.2) is 42.1 Å². The lowest BCUT2D eigenvalue weighted by atomic mass is 9.87. The molecule has 0 radical (unpaired) electrons. The van der Waals surface area contributed by atoms with E-state index in [1.807, 2.05) is 31.2 Å². The third-order valence-electron chi connectivity index (χ3n) is 4.23. The van der Waals surface area contributed by atoms with Gasteiger partial charge in [-0.3, -0.25) is 9.59 Å². The molecule has 1 heterocycles. The summed E-state index contributed by atoms with van der Waals surface area (Å²) < 4.78 is 5.10. The lowest BCUT2D eigenvalue weighted by Gasteiger charge is -2.35. The monoisotopic (exact) mass is 305 g/mol. The first-order valence-electron chi connectivity index (χ1n) is 7.58. The Morgan fingerprint density at radius 1 is 1.36 bits per heavy atom. The van der Waals surface area contributed by atoms with Crippen LogP contribution in [0.1, 0.15) is 24.5 Å². The van der Waals surface area contributed by atoms with Crippen molar-refractivity contribution in [2.75, 3.05) is 20.2 Å². The minimum absolute atomic E-state index is 0.00461. The Hall–Kier alpha value is -1.88. The molecule has 1 amide bonds. The van der Waals surface area contributed by atoms with E-state index >= 15 is 0 Å². The number of likely N-dealkylation sites (tertiary alicyclic amines) is 1. The van der Waals surface area contributed by atoms with Gasteiger partial charge in [-0.05, 0) is 23.5 Å². The van der Waals surface area contributed by atoms with Crippen LogP contribution in [-0.2, 0) is 27.4 Å². The molecule has 1 aromatic carbocycles. The third kappa shape index (κ3) is 4.07. The molecule has 1 N–H and O–H groups in total. The Labute approximate surface area is 130 Å². The van der Waals surface area contributed by atoms with Crippen LogP contribution in [0, 0.1) is 11.8 Å². The maximum atomic E-state index is 12.4. The number of carbonyl (C=O) groups excluding carboxylic acids is 1. The van der Waals surface area contributed by atoms with Gasteiger partial charge < -0.3 is 14.7 Å². The molecule has 2 rings (SSSR count). The number of hydrogen-bond donors (Lipinski definition) is 1. The molecule has 0 aromatic heterocycles. The summed E-state index contributed by atoms with van der Waals surface area (Å²) in [5, 5.41) is 9.13. The standard InChI is InChI=1S/C17H23NO4/c1-12-10-18(7-6-15(12)17(20)21)16(19)9-13-4-3-5-14(8-13)11-22-2/h3-5,8,12,15H,6-7,9-11H2,1-2H3,(H,20,21). The molecule has 2 unspecified atom stereocenters. The number of nitrogens with zero attached hydrogens (tertiary/aromatic N) is 1. The van der Waals surface area contributed by atoms with E-state index in [4.69, 9.17) is 9.84 Å². The largest absolute Gasteiger partial charge is 0.481 e. The summed E-state index contributed by atoms with van der Waals surface area (Å²) in [6, 6.07) is 7.81. The van der Waals surface area contributed by atoms with Gasteiger partial charge >= 0.3 is 5.97 Å². The van der Waals surface area contributed by atoms with Crippen molar-refractivity contribution in [2.24, 2.45) is 11.8 Å². The van der Waals surface area contributed by atoms with Crippen LogP contribution in [0.15, 0.2) is 24.3 Å². The van der Waals surface area contributed by atoms with Crippen LogP contribution in [0.4, 0.5) is 0 Å². The van der Waals surface area contributed by atoms with E-state index in [1.54, 1.807) is 12.0 Å². The fraction of sp³-hybridized carbons (Fsp3) is 0.529. The van der Waals surface area contributed by atoms with Crippen LogP contribution < -0.4 is 0 Å². The molecule has 0 saturated carbocycles. The lowest BCUT2D eigenvalue weighted by Crippen LogP contribution is -2.45. The molecule has 5 heteroatoms. The van der Waals surface area contributed by atoms with Crippen molar-refractivity contribution in [3.05, 3.63) is 35.4 Å². The molecule has 0 aliphatic carbocycles. The number of carboxylic acids is 1. The summed E-state index contributed by atoms with van der Waals surface area (Å²) in [6.07, 6.45) is 0.883. The quantitative estimate of drug-likeness (QED) is 0.903. The van der Waals surface area contributed by atoms with Gasteiger partial charge in [0.25, 0.3) is 0 Å². The number of ether oxygens (including phenoxy) is 1. The Morgan fingerprint density at radius 2 is 2.09 bits per heavy atom. The van der Waals surface area contributed by atoms with Crippen molar-refractivity contribution in [3.8, 4) is 0 Å². The van der Waals surface area contributed by atoms with Crippen molar-refractivity contribution >= 4 is 11.9 Å². The molecular weight excluding hydrogens is 282 g/mol. The van der Waals surface area contributed by atoms with Crippen LogP contribution in [0.2, 0.25) is 0 Å². The van der Waals surface area contributed by atoms with Crippen molar-refractivity contribution < 1.29 is 19.4 Å². The van der Waals surface area contributed by atoms with Crippen molar-refractivity contribution in [1.29, 1.82) is 0 Å². The number of rotatable bonds is 5. The minimum atomic E-state index is -0.758. The molecule has 22 heavy (non-hydrogen) atoms. The first kappa shape index (κ1) is 16.5. The van der Waals surface area contributed by atoms with E-state index in [2.05, 4.69) is 0 Å². The minimum Gasteiger partial charge on any atom is -0.481 e. The van der Waals surface area contributed by atoms with Crippen LogP contribution >= 0.6 is 0 Å². The smallest absolute Gasteiger partial charge is 0.306 e. The summed E-state index contributed by atoms with van der Waals surface area (Å²) >= 11 is 0. The Kier molecular flexibility index (Phi) is 5.55. The number of hydrogen-bond acceptors (Lipinski definition) is 3. The van der Waals surface area contributed by atoms with Gasteiger partial charge in [-0.1, -0.05) is 31.2 Å². The Morgan fingerprint density at radius 3 is 2.73 bits per heavy atom. The highest BCUT2D eigenvalue weighted by Crippen LogP contribution is 2.24. The van der Waals surface area contributed by atoms with E-state index in [1.165, 1.54) is 0 Å². The van der Waals surface area contributed by atoms with Gasteiger partial charge in [0.15, 0.2) is 0 Å². The lowest BCUT2D eigenvalue weighted by molar-refractivity contribution is -0.148. The van der Waals surface area contributed by atoms with Crippen molar-refractivity contribution in [1.82, 2.24) is 4.90 Å². The second-order valence-electron chi connectivity index (χ2n) is 5.98. The van der Waals surface area contributed by atoms with Crippen molar-refractivity contribution in [3.63, 3.8) is 0 Å². The fourth-order valence-electron chi connectivity index (χ4n) is 3.02. The number of piperidine rings is 1. The summed E-state index contributed by atoms with van der Waals surface area (Å²) in [6.45, 7) is 3.48. The number of methoxy groups -OCH3 is 1. The molecule has 1 aliphatic rings. The zero-order valence-corrected chi connectivity index (χ0v) is 13.1. The van der Waals surface area contributed by atoms with Crippen LogP contribution in [0.3, 0.4) is 0 Å². The molecule has 5 nitrogen and oxygen atoms in total. The summed E-state index contributed by atoms with van der Waals surface area (Å²) in [4.78, 5) is 25.3. The number of benzene rings is 1. The number of aliphatic carboxylic acids is 1. The van der Waals surface area contributed by atoms with Crippen molar-refractivity contribution in [2.45, 2.75) is 26.4 Å². The highest BCUT2D eigenvalue weighted by molar-refractivity contribution is 5.79. The predicted molar refractivity (Wildman–Crippen MR) is 82.3 cm³/mol. The Bertz CT molecular complexity index is 543. The topological polar surface area (TPSA) is 66.8 Å². The first-order valence-corrected chi connectivity index (χ1v) is 7.58. The summed E-state index contributed by atoms with van der Waals surface area (Å²) in [5.74, 6) is -1.04. The van der Waals surface area contributed by atoms with Gasteiger partial charge in [-0.2, -0.15) is 0 Å². The molecule has 1 aliphatic heterocycles. The normalized spacial score (nSPS) is 21.6. The first-order chi connectivity index (χ1) is 10.5. The maximum Gasteiger partial charge on any atom is 0.306 e. The number of amides is 1.